The van der Waals surface area contributed by atoms with Gasteiger partial charge in [-0.15, -0.1) is 0 Å². The highest BCUT2D eigenvalue weighted by Crippen LogP contribution is 2.33. The van der Waals surface area contributed by atoms with Crippen molar-refractivity contribution in [3.05, 3.63) is 64.4 Å². The number of carbonyl (C=O) groups excluding carboxylic acids is 1. The summed E-state index contributed by atoms with van der Waals surface area (Å²) in [6.45, 7) is 3.27. The average Bonchev–Trinajstić information content (AvgIpc) is 3.23. The van der Waals surface area contributed by atoms with Crippen molar-refractivity contribution in [1.82, 2.24) is 15.5 Å². The minimum Gasteiger partial charge on any atom is -0.497 e. The van der Waals surface area contributed by atoms with E-state index in [2.05, 4.69) is 22.8 Å². The second-order valence-electron chi connectivity index (χ2n) is 8.28. The molecule has 5 nitrogen and oxygen atoms in total. The van der Waals surface area contributed by atoms with Crippen molar-refractivity contribution < 1.29 is 13.9 Å². The maximum absolute atomic E-state index is 14.7. The number of nitrogens with one attached hydrogen (secondary N) is 2. The van der Waals surface area contributed by atoms with Gasteiger partial charge in [0.2, 0.25) is 5.91 Å². The fourth-order valence-corrected chi connectivity index (χ4v) is 4.83. The van der Waals surface area contributed by atoms with E-state index in [1.807, 2.05) is 17.0 Å². The molecule has 0 saturated carbocycles. The molecule has 0 radical (unpaired) electrons. The van der Waals surface area contributed by atoms with Crippen LogP contribution in [-0.2, 0) is 4.79 Å². The maximum atomic E-state index is 14.7. The number of hydrogen-bond donors (Lipinski definition) is 2. The van der Waals surface area contributed by atoms with Crippen LogP contribution in [-0.4, -0.2) is 50.6 Å². The highest BCUT2D eigenvalue weighted by Gasteiger charge is 2.38. The Labute approximate surface area is 187 Å². The molecule has 2 fully saturated rings. The molecule has 2 aromatic carbocycles. The molecule has 0 bridgehead atoms. The van der Waals surface area contributed by atoms with Crippen molar-refractivity contribution in [2.75, 3.05) is 39.8 Å². The van der Waals surface area contributed by atoms with Crippen LogP contribution in [0.3, 0.4) is 0 Å². The molecule has 0 spiro atoms. The Morgan fingerprint density at radius 2 is 1.97 bits per heavy atom. The van der Waals surface area contributed by atoms with Gasteiger partial charge in [-0.1, -0.05) is 29.8 Å². The lowest BCUT2D eigenvalue weighted by Crippen LogP contribution is -2.44. The zero-order valence-corrected chi connectivity index (χ0v) is 18.5. The second kappa shape index (κ2) is 9.98. The molecule has 4 rings (SSSR count). The van der Waals surface area contributed by atoms with E-state index in [1.54, 1.807) is 12.1 Å². The van der Waals surface area contributed by atoms with E-state index < -0.39 is 0 Å². The van der Waals surface area contributed by atoms with E-state index in [0.29, 0.717) is 30.9 Å². The third-order valence-electron chi connectivity index (χ3n) is 6.42. The van der Waals surface area contributed by atoms with Gasteiger partial charge in [0, 0.05) is 55.8 Å². The third-order valence-corrected chi connectivity index (χ3v) is 6.67. The van der Waals surface area contributed by atoms with Crippen LogP contribution in [0, 0.1) is 11.7 Å². The fourth-order valence-electron chi connectivity index (χ4n) is 4.71. The van der Waals surface area contributed by atoms with Gasteiger partial charge in [-0.05, 0) is 42.2 Å². The van der Waals surface area contributed by atoms with E-state index in [-0.39, 0.29) is 29.6 Å². The van der Waals surface area contributed by atoms with Crippen molar-refractivity contribution in [2.45, 2.75) is 24.8 Å². The van der Waals surface area contributed by atoms with Gasteiger partial charge in [0.15, 0.2) is 0 Å². The molecule has 2 N–H and O–H groups in total. The minimum atomic E-state index is -0.314. The van der Waals surface area contributed by atoms with E-state index >= 15 is 0 Å². The number of ether oxygens (including phenoxy) is 1. The Morgan fingerprint density at radius 3 is 2.71 bits per heavy atom. The van der Waals surface area contributed by atoms with E-state index in [1.165, 1.54) is 18.7 Å². The van der Waals surface area contributed by atoms with Gasteiger partial charge in [-0.25, -0.2) is 4.39 Å². The van der Waals surface area contributed by atoms with Gasteiger partial charge in [-0.3, -0.25) is 4.79 Å². The van der Waals surface area contributed by atoms with Crippen molar-refractivity contribution in [3.8, 4) is 5.75 Å². The maximum Gasteiger partial charge on any atom is 0.227 e. The first-order chi connectivity index (χ1) is 15.1. The summed E-state index contributed by atoms with van der Waals surface area (Å²) in [5.41, 5.74) is 1.80. The third kappa shape index (κ3) is 5.03. The number of benzene rings is 2. The van der Waals surface area contributed by atoms with Crippen LogP contribution >= 0.6 is 11.6 Å². The van der Waals surface area contributed by atoms with Gasteiger partial charge in [0.1, 0.15) is 11.6 Å². The normalized spacial score (nSPS) is 24.5. The summed E-state index contributed by atoms with van der Waals surface area (Å²) in [4.78, 5) is 15.3. The van der Waals surface area contributed by atoms with E-state index in [9.17, 15) is 9.18 Å². The monoisotopic (exact) mass is 445 g/mol. The molecule has 1 amide bonds. The summed E-state index contributed by atoms with van der Waals surface area (Å²) in [6, 6.07) is 13.1. The zero-order valence-electron chi connectivity index (χ0n) is 17.7. The summed E-state index contributed by atoms with van der Waals surface area (Å²) in [6.07, 6.45) is 1.86. The first-order valence-electron chi connectivity index (χ1n) is 10.9. The molecule has 7 heteroatoms. The number of halogens is 2. The van der Waals surface area contributed by atoms with Crippen LogP contribution in [0.2, 0.25) is 5.02 Å². The van der Waals surface area contributed by atoms with Crippen molar-refractivity contribution in [1.29, 1.82) is 0 Å². The fraction of sp³-hybridized carbons (Fsp3) is 0.458. The van der Waals surface area contributed by atoms with Crippen LogP contribution in [0.25, 0.3) is 0 Å². The minimum absolute atomic E-state index is 0.108. The summed E-state index contributed by atoms with van der Waals surface area (Å²) < 4.78 is 19.8. The summed E-state index contributed by atoms with van der Waals surface area (Å²) in [7, 11) is 1.52. The van der Waals surface area contributed by atoms with Crippen LogP contribution in [0.5, 0.6) is 5.75 Å². The van der Waals surface area contributed by atoms with Crippen LogP contribution in [0.15, 0.2) is 42.5 Å². The van der Waals surface area contributed by atoms with Crippen molar-refractivity contribution in [3.63, 3.8) is 0 Å². The Balaban J connectivity index is 1.40. The van der Waals surface area contributed by atoms with Gasteiger partial charge in [0.05, 0.1) is 13.0 Å². The van der Waals surface area contributed by atoms with E-state index in [4.69, 9.17) is 16.3 Å². The van der Waals surface area contributed by atoms with Crippen LogP contribution in [0.1, 0.15) is 35.9 Å². The Kier molecular flexibility index (Phi) is 7.10. The highest BCUT2D eigenvalue weighted by molar-refractivity contribution is 6.30. The number of carbonyl (C=O) groups is 1. The Bertz CT molecular complexity index is 898. The molecule has 0 aromatic heterocycles. The lowest BCUT2D eigenvalue weighted by molar-refractivity contribution is -0.135. The zero-order chi connectivity index (χ0) is 21.8. The number of amides is 1. The predicted octanol–water partition coefficient (Wildman–Crippen LogP) is 3.74. The lowest BCUT2D eigenvalue weighted by Gasteiger charge is -2.32. The number of rotatable bonds is 4. The Hall–Kier alpha value is -2.15. The standard InChI is InChI=1S/C24H29ClFN3O2/c1-31-18-8-9-19(22(26)13-18)20-14-27-15-21(20)24(30)29-11-2-3-23(28-10-12-29)16-4-6-17(25)7-5-16/h4-9,13,20-21,23,27-28H,2-3,10-12,14-15H2,1H3/t20-,21?,23?/m0/s1. The molecule has 2 unspecified atom stereocenters. The first kappa shape index (κ1) is 22.1. The summed E-state index contributed by atoms with van der Waals surface area (Å²) in [5, 5.41) is 7.59. The molecule has 2 saturated heterocycles. The second-order valence-corrected chi connectivity index (χ2v) is 8.72. The molecular formula is C24H29ClFN3O2. The van der Waals surface area contributed by atoms with Gasteiger partial charge < -0.3 is 20.3 Å². The molecule has 166 valence electrons. The van der Waals surface area contributed by atoms with Crippen LogP contribution < -0.4 is 15.4 Å². The smallest absolute Gasteiger partial charge is 0.227 e. The number of hydrogen-bond acceptors (Lipinski definition) is 4. The van der Waals surface area contributed by atoms with Crippen LogP contribution in [0.4, 0.5) is 4.39 Å². The Morgan fingerprint density at radius 1 is 1.16 bits per heavy atom. The first-order valence-corrected chi connectivity index (χ1v) is 11.3. The largest absolute Gasteiger partial charge is 0.497 e. The SMILES string of the molecule is COc1ccc([C@@H]2CNCC2C(=O)N2CCCC(c3ccc(Cl)cc3)NCC2)c(F)c1. The molecule has 2 aliphatic rings. The topological polar surface area (TPSA) is 53.6 Å². The van der Waals surface area contributed by atoms with Gasteiger partial charge >= 0.3 is 0 Å². The predicted molar refractivity (Wildman–Crippen MR) is 120 cm³/mol. The molecule has 0 aliphatic carbocycles. The number of methoxy groups -OCH3 is 1. The van der Waals surface area contributed by atoms with E-state index in [0.717, 1.165) is 31.0 Å². The van der Waals surface area contributed by atoms with Gasteiger partial charge in [0.25, 0.3) is 0 Å². The molecule has 2 aliphatic heterocycles. The van der Waals surface area contributed by atoms with Gasteiger partial charge in [-0.2, -0.15) is 0 Å². The highest BCUT2D eigenvalue weighted by atomic mass is 35.5. The average molecular weight is 446 g/mol. The molecule has 2 heterocycles. The number of nitrogens with zero attached hydrogens (tertiary/aromatic N) is 1. The summed E-state index contributed by atoms with van der Waals surface area (Å²) >= 11 is 6.01. The molecular weight excluding hydrogens is 417 g/mol. The van der Waals surface area contributed by atoms with Crippen molar-refractivity contribution in [2.24, 2.45) is 5.92 Å². The molecule has 31 heavy (non-hydrogen) atoms. The molecule has 3 atom stereocenters. The lowest BCUT2D eigenvalue weighted by atomic mass is 9.87. The quantitative estimate of drug-likeness (QED) is 0.752. The summed E-state index contributed by atoms with van der Waals surface area (Å²) in [5.74, 6) is -0.142. The molecule has 2 aromatic rings. The van der Waals surface area contributed by atoms with Crippen molar-refractivity contribution >= 4 is 17.5 Å².